The summed E-state index contributed by atoms with van der Waals surface area (Å²) in [4.78, 5) is 12.3. The van der Waals surface area contributed by atoms with E-state index >= 15 is 0 Å². The maximum Gasteiger partial charge on any atom is 0.234 e. The van der Waals surface area contributed by atoms with Gasteiger partial charge in [-0.25, -0.2) is 8.42 Å². The minimum Gasteiger partial charge on any atom is -0.494 e. The number of fused-ring (bicyclic) bond motifs is 1. The normalized spacial score (nSPS) is 15.3. The molecule has 2 aromatic carbocycles. The molecule has 0 unspecified atom stereocenters. The van der Waals surface area contributed by atoms with Crippen molar-refractivity contribution in [1.82, 2.24) is 0 Å². The van der Waals surface area contributed by atoms with Crippen LogP contribution in [0.2, 0.25) is 5.02 Å². The molecule has 27 heavy (non-hydrogen) atoms. The molecule has 0 radical (unpaired) electrons. The van der Waals surface area contributed by atoms with Crippen LogP contribution in [0.3, 0.4) is 0 Å². The van der Waals surface area contributed by atoms with Crippen LogP contribution in [-0.4, -0.2) is 26.7 Å². The predicted octanol–water partition coefficient (Wildman–Crippen LogP) is 4.20. The largest absolute Gasteiger partial charge is 0.494 e. The van der Waals surface area contributed by atoms with Gasteiger partial charge in [0.05, 0.1) is 22.7 Å². The second-order valence-electron chi connectivity index (χ2n) is 7.11. The number of sulfone groups is 1. The Balaban J connectivity index is 1.51. The molecule has 0 atom stereocenters. The molecule has 1 aliphatic rings. The van der Waals surface area contributed by atoms with Crippen LogP contribution in [0.5, 0.6) is 5.75 Å². The van der Waals surface area contributed by atoms with Gasteiger partial charge in [-0.2, -0.15) is 0 Å². The Morgan fingerprint density at radius 2 is 1.78 bits per heavy atom. The number of carbonyl (C=O) groups excluding carboxylic acids is 1. The minimum atomic E-state index is -3.31. The number of halogens is 1. The van der Waals surface area contributed by atoms with Crippen LogP contribution in [0.15, 0.2) is 47.4 Å². The third-order valence-corrected chi connectivity index (χ3v) is 6.80. The predicted molar refractivity (Wildman–Crippen MR) is 106 cm³/mol. The summed E-state index contributed by atoms with van der Waals surface area (Å²) in [5, 5.41) is 3.37. The SMILES string of the molecule is CC1(C)C(=O)Nc2ccc(OCCCCS(=O)(=O)c3ccc(Cl)cc3)cc21. The van der Waals surface area contributed by atoms with Crippen LogP contribution in [0.1, 0.15) is 32.3 Å². The fourth-order valence-corrected chi connectivity index (χ4v) is 4.48. The lowest BCUT2D eigenvalue weighted by Gasteiger charge is -2.16. The second kappa shape index (κ2) is 7.52. The standard InChI is InChI=1S/C20H22ClNO4S/c1-20(2)17-13-15(7-10-18(17)22-19(20)23)26-11-3-4-12-27(24,25)16-8-5-14(21)6-9-16/h5-10,13H,3-4,11-12H2,1-2H3,(H,22,23). The Kier molecular flexibility index (Phi) is 5.49. The molecule has 0 bridgehead atoms. The van der Waals surface area contributed by atoms with Crippen molar-refractivity contribution >= 4 is 33.0 Å². The van der Waals surface area contributed by atoms with Crippen molar-refractivity contribution in [3.05, 3.63) is 53.1 Å². The molecule has 1 N–H and O–H groups in total. The van der Waals surface area contributed by atoms with Crippen molar-refractivity contribution in [2.45, 2.75) is 37.0 Å². The molecule has 1 heterocycles. The Morgan fingerprint density at radius 1 is 1.07 bits per heavy atom. The van der Waals surface area contributed by atoms with E-state index in [0.717, 1.165) is 11.3 Å². The number of amides is 1. The van der Waals surface area contributed by atoms with Gasteiger partial charge in [-0.1, -0.05) is 11.6 Å². The van der Waals surface area contributed by atoms with E-state index in [2.05, 4.69) is 5.32 Å². The average molecular weight is 408 g/mol. The van der Waals surface area contributed by atoms with Crippen LogP contribution < -0.4 is 10.1 Å². The van der Waals surface area contributed by atoms with Crippen molar-refractivity contribution in [2.75, 3.05) is 17.7 Å². The summed E-state index contributed by atoms with van der Waals surface area (Å²) < 4.78 is 30.3. The van der Waals surface area contributed by atoms with Gasteiger partial charge in [-0.3, -0.25) is 4.79 Å². The maximum absolute atomic E-state index is 12.3. The minimum absolute atomic E-state index is 0.0259. The highest BCUT2D eigenvalue weighted by Crippen LogP contribution is 2.39. The van der Waals surface area contributed by atoms with Crippen molar-refractivity contribution in [2.24, 2.45) is 0 Å². The van der Waals surface area contributed by atoms with Gasteiger partial charge in [0.25, 0.3) is 0 Å². The molecule has 0 spiro atoms. The fraction of sp³-hybridized carbons (Fsp3) is 0.350. The summed E-state index contributed by atoms with van der Waals surface area (Å²) in [5.74, 6) is 0.717. The number of rotatable bonds is 7. The van der Waals surface area contributed by atoms with E-state index < -0.39 is 15.3 Å². The molecular weight excluding hydrogens is 386 g/mol. The summed E-state index contributed by atoms with van der Waals surface area (Å²) in [7, 11) is -3.31. The van der Waals surface area contributed by atoms with Crippen LogP contribution in [0.4, 0.5) is 5.69 Å². The third kappa shape index (κ3) is 4.28. The number of hydrogen-bond donors (Lipinski definition) is 1. The Morgan fingerprint density at radius 3 is 2.48 bits per heavy atom. The van der Waals surface area contributed by atoms with E-state index in [9.17, 15) is 13.2 Å². The molecule has 0 aromatic heterocycles. The molecule has 144 valence electrons. The first-order valence-corrected chi connectivity index (χ1v) is 10.8. The molecule has 0 saturated heterocycles. The van der Waals surface area contributed by atoms with E-state index in [4.69, 9.17) is 16.3 Å². The van der Waals surface area contributed by atoms with E-state index in [1.807, 2.05) is 32.0 Å². The van der Waals surface area contributed by atoms with Crippen molar-refractivity contribution in [3.63, 3.8) is 0 Å². The fourth-order valence-electron chi connectivity index (χ4n) is 2.98. The lowest BCUT2D eigenvalue weighted by Crippen LogP contribution is -2.26. The highest BCUT2D eigenvalue weighted by Gasteiger charge is 2.38. The molecule has 5 nitrogen and oxygen atoms in total. The van der Waals surface area contributed by atoms with Gasteiger partial charge < -0.3 is 10.1 Å². The number of benzene rings is 2. The van der Waals surface area contributed by atoms with E-state index in [0.29, 0.717) is 30.2 Å². The summed E-state index contributed by atoms with van der Waals surface area (Å²) in [6, 6.07) is 11.7. The smallest absolute Gasteiger partial charge is 0.234 e. The van der Waals surface area contributed by atoms with E-state index in [1.165, 1.54) is 12.1 Å². The van der Waals surface area contributed by atoms with Gasteiger partial charge in [0, 0.05) is 10.7 Å². The van der Waals surface area contributed by atoms with E-state index in [-0.39, 0.29) is 16.6 Å². The van der Waals surface area contributed by atoms with Gasteiger partial charge >= 0.3 is 0 Å². The van der Waals surface area contributed by atoms with Crippen LogP contribution in [0.25, 0.3) is 0 Å². The monoisotopic (exact) mass is 407 g/mol. The average Bonchev–Trinajstić information content (AvgIpc) is 2.84. The van der Waals surface area contributed by atoms with Gasteiger partial charge in [-0.05, 0) is 74.7 Å². The highest BCUT2D eigenvalue weighted by atomic mass is 35.5. The summed E-state index contributed by atoms with van der Waals surface area (Å²) >= 11 is 5.79. The first-order valence-electron chi connectivity index (χ1n) is 8.77. The molecule has 0 fully saturated rings. The molecule has 2 aromatic rings. The van der Waals surface area contributed by atoms with Crippen molar-refractivity contribution < 1.29 is 17.9 Å². The molecule has 1 aliphatic heterocycles. The van der Waals surface area contributed by atoms with Crippen LogP contribution in [-0.2, 0) is 20.0 Å². The van der Waals surface area contributed by atoms with Crippen molar-refractivity contribution in [3.8, 4) is 5.75 Å². The summed E-state index contributed by atoms with van der Waals surface area (Å²) in [6.45, 7) is 4.16. The third-order valence-electron chi connectivity index (χ3n) is 4.73. The Hall–Kier alpha value is -2.05. The Labute approximate surface area is 164 Å². The van der Waals surface area contributed by atoms with Crippen LogP contribution in [0, 0.1) is 0 Å². The zero-order chi connectivity index (χ0) is 19.7. The molecule has 3 rings (SSSR count). The zero-order valence-corrected chi connectivity index (χ0v) is 16.9. The number of anilines is 1. The first kappa shape index (κ1) is 19.7. The van der Waals surface area contributed by atoms with Gasteiger partial charge in [0.2, 0.25) is 5.91 Å². The molecule has 0 saturated carbocycles. The first-order chi connectivity index (χ1) is 12.7. The quantitative estimate of drug-likeness (QED) is 0.698. The zero-order valence-electron chi connectivity index (χ0n) is 15.3. The van der Waals surface area contributed by atoms with E-state index in [1.54, 1.807) is 12.1 Å². The maximum atomic E-state index is 12.3. The molecular formula is C20H22ClNO4S. The molecule has 0 aliphatic carbocycles. The van der Waals surface area contributed by atoms with Gasteiger partial charge in [0.1, 0.15) is 5.75 Å². The number of unbranched alkanes of at least 4 members (excludes halogenated alkanes) is 1. The molecule has 1 amide bonds. The number of ether oxygens (including phenoxy) is 1. The van der Waals surface area contributed by atoms with Crippen LogP contribution >= 0.6 is 11.6 Å². The molecule has 7 heteroatoms. The van der Waals surface area contributed by atoms with Gasteiger partial charge in [0.15, 0.2) is 9.84 Å². The summed E-state index contributed by atoms with van der Waals surface area (Å²) in [5.41, 5.74) is 1.14. The Bertz CT molecular complexity index is 952. The number of hydrogen-bond acceptors (Lipinski definition) is 4. The topological polar surface area (TPSA) is 72.5 Å². The summed E-state index contributed by atoms with van der Waals surface area (Å²) in [6.07, 6.45) is 1.12. The van der Waals surface area contributed by atoms with Gasteiger partial charge in [-0.15, -0.1) is 0 Å². The lowest BCUT2D eigenvalue weighted by atomic mass is 9.86. The highest BCUT2D eigenvalue weighted by molar-refractivity contribution is 7.91. The second-order valence-corrected chi connectivity index (χ2v) is 9.66. The number of nitrogens with one attached hydrogen (secondary N) is 1. The van der Waals surface area contributed by atoms with Crippen molar-refractivity contribution in [1.29, 1.82) is 0 Å². The lowest BCUT2D eigenvalue weighted by molar-refractivity contribution is -0.119. The number of carbonyl (C=O) groups is 1.